The molecule has 8 heteroatoms. The minimum absolute atomic E-state index is 0.0390. The fourth-order valence-corrected chi connectivity index (χ4v) is 4.60. The molecule has 182 valence electrons. The number of pyridine rings is 1. The summed E-state index contributed by atoms with van der Waals surface area (Å²) in [4.78, 5) is 43.1. The summed E-state index contributed by atoms with van der Waals surface area (Å²) in [7, 11) is 0. The van der Waals surface area contributed by atoms with Crippen molar-refractivity contribution in [2.75, 3.05) is 6.54 Å². The Bertz CT molecular complexity index is 1080. The number of likely N-dealkylation sites (tertiary alicyclic amines) is 1. The van der Waals surface area contributed by atoms with Gasteiger partial charge < -0.3 is 21.1 Å². The summed E-state index contributed by atoms with van der Waals surface area (Å²) in [5, 5.41) is 0. The van der Waals surface area contributed by atoms with Gasteiger partial charge in [-0.05, 0) is 55.7 Å². The van der Waals surface area contributed by atoms with Crippen LogP contribution in [-0.4, -0.2) is 40.4 Å². The molecule has 0 unspecified atom stereocenters. The number of nitrogens with zero attached hydrogens (tertiary/aromatic N) is 2. The lowest BCUT2D eigenvalue weighted by Crippen LogP contribution is -2.44. The van der Waals surface area contributed by atoms with E-state index in [-0.39, 0.29) is 18.9 Å². The summed E-state index contributed by atoms with van der Waals surface area (Å²) in [5.41, 5.74) is 16.7. The van der Waals surface area contributed by atoms with E-state index in [4.69, 9.17) is 21.2 Å². The van der Waals surface area contributed by atoms with E-state index >= 15 is 0 Å². The third-order valence-electron chi connectivity index (χ3n) is 6.22. The predicted octanol–water partition coefficient (Wildman–Crippen LogP) is 3.18. The zero-order chi connectivity index (χ0) is 25.0. The first-order valence-electron chi connectivity index (χ1n) is 11.7. The maximum atomic E-state index is 13.3. The predicted molar refractivity (Wildman–Crippen MR) is 130 cm³/mol. The third kappa shape index (κ3) is 5.73. The molecule has 1 aromatic heterocycles. The number of hydrogen-bond donors (Lipinski definition) is 2. The molecule has 1 atom stereocenters. The topological polar surface area (TPSA) is 129 Å². The molecule has 3 rings (SSSR count). The van der Waals surface area contributed by atoms with Gasteiger partial charge in [-0.15, -0.1) is 0 Å². The molecule has 2 heterocycles. The van der Waals surface area contributed by atoms with Crippen molar-refractivity contribution in [3.63, 3.8) is 0 Å². The Morgan fingerprint density at radius 2 is 1.79 bits per heavy atom. The summed E-state index contributed by atoms with van der Waals surface area (Å²) in [6.45, 7) is 8.54. The van der Waals surface area contributed by atoms with Crippen molar-refractivity contribution < 1.29 is 19.1 Å². The Balaban J connectivity index is 2.16. The number of primary amides is 2. The molecule has 1 aromatic carbocycles. The number of carbonyl (C=O) groups is 3. The number of aryl methyl sites for hydroxylation is 2. The van der Waals surface area contributed by atoms with Gasteiger partial charge in [0.2, 0.25) is 11.8 Å². The van der Waals surface area contributed by atoms with Crippen LogP contribution in [0.2, 0.25) is 0 Å². The van der Waals surface area contributed by atoms with Crippen molar-refractivity contribution in [1.29, 1.82) is 0 Å². The maximum absolute atomic E-state index is 13.3. The van der Waals surface area contributed by atoms with Gasteiger partial charge >= 0.3 is 6.09 Å². The fourth-order valence-electron chi connectivity index (χ4n) is 4.60. The van der Waals surface area contributed by atoms with Crippen molar-refractivity contribution in [3.8, 4) is 11.1 Å². The molecule has 4 N–H and O–H groups in total. The van der Waals surface area contributed by atoms with Gasteiger partial charge in [-0.25, -0.2) is 4.79 Å². The molecule has 0 radical (unpaired) electrons. The average Bonchev–Trinajstić information content (AvgIpc) is 3.25. The summed E-state index contributed by atoms with van der Waals surface area (Å²) in [6, 6.07) is 7.41. The second-order valence-corrected chi connectivity index (χ2v) is 9.37. The smallest absolute Gasteiger partial charge is 0.404 e. The van der Waals surface area contributed by atoms with Crippen LogP contribution < -0.4 is 11.5 Å². The van der Waals surface area contributed by atoms with Gasteiger partial charge in [0.1, 0.15) is 12.6 Å². The molecule has 1 fully saturated rings. The largest absolute Gasteiger partial charge is 0.445 e. The van der Waals surface area contributed by atoms with Gasteiger partial charge in [0.05, 0.1) is 6.42 Å². The van der Waals surface area contributed by atoms with Gasteiger partial charge in [0.25, 0.3) is 0 Å². The number of aromatic nitrogens is 1. The summed E-state index contributed by atoms with van der Waals surface area (Å²) >= 11 is 0. The minimum Gasteiger partial charge on any atom is -0.445 e. The molecule has 1 aliphatic heterocycles. The molecule has 0 bridgehead atoms. The van der Waals surface area contributed by atoms with E-state index in [2.05, 4.69) is 13.8 Å². The Labute approximate surface area is 200 Å². The highest BCUT2D eigenvalue weighted by molar-refractivity contribution is 5.89. The van der Waals surface area contributed by atoms with Crippen LogP contribution in [0, 0.1) is 19.8 Å². The molecule has 0 spiro atoms. The van der Waals surface area contributed by atoms with Gasteiger partial charge in [-0.3, -0.25) is 14.6 Å². The number of hydrogen-bond acceptors (Lipinski definition) is 5. The highest BCUT2D eigenvalue weighted by Gasteiger charge is 2.33. The average molecular weight is 467 g/mol. The number of ether oxygens (including phenoxy) is 1. The van der Waals surface area contributed by atoms with E-state index in [0.29, 0.717) is 25.3 Å². The normalized spacial score (nSPS) is 15.6. The Hall–Kier alpha value is -3.42. The Morgan fingerprint density at radius 1 is 1.12 bits per heavy atom. The molecule has 1 aliphatic rings. The van der Waals surface area contributed by atoms with Crippen molar-refractivity contribution >= 4 is 17.9 Å². The van der Waals surface area contributed by atoms with Crippen LogP contribution in [0.25, 0.3) is 11.1 Å². The van der Waals surface area contributed by atoms with Gasteiger partial charge in [0, 0.05) is 23.5 Å². The van der Waals surface area contributed by atoms with Crippen molar-refractivity contribution in [2.45, 2.75) is 66.0 Å². The van der Waals surface area contributed by atoms with Crippen LogP contribution in [0.5, 0.6) is 0 Å². The molecule has 3 amide bonds. The van der Waals surface area contributed by atoms with E-state index in [1.165, 1.54) is 0 Å². The lowest BCUT2D eigenvalue weighted by atomic mass is 9.88. The van der Waals surface area contributed by atoms with Gasteiger partial charge in [-0.1, -0.05) is 43.7 Å². The maximum Gasteiger partial charge on any atom is 0.404 e. The Morgan fingerprint density at radius 3 is 2.38 bits per heavy atom. The molecular formula is C26H34N4O4. The van der Waals surface area contributed by atoms with Crippen LogP contribution in [-0.2, 0) is 33.8 Å². The first-order chi connectivity index (χ1) is 16.1. The Kier molecular flexibility index (Phi) is 7.91. The first-order valence-corrected chi connectivity index (χ1v) is 11.7. The van der Waals surface area contributed by atoms with Crippen molar-refractivity contribution in [3.05, 3.63) is 52.3 Å². The third-order valence-corrected chi connectivity index (χ3v) is 6.22. The molecule has 34 heavy (non-hydrogen) atoms. The number of nitrogens with two attached hydrogens (primary N) is 2. The van der Waals surface area contributed by atoms with Crippen molar-refractivity contribution in [1.82, 2.24) is 9.88 Å². The molecule has 1 saturated heterocycles. The second-order valence-electron chi connectivity index (χ2n) is 9.37. The first kappa shape index (κ1) is 25.2. The van der Waals surface area contributed by atoms with E-state index in [1.54, 1.807) is 4.90 Å². The molecule has 8 nitrogen and oxygen atoms in total. The highest BCUT2D eigenvalue weighted by Crippen LogP contribution is 2.34. The standard InChI is InChI=1S/C26H34N4O4/c1-15(2)12-21-20(14-34-26(28)33)24(18-9-7-16(3)8-10-18)19(17(4)29-21)13-23(31)30-11-5-6-22(30)25(27)32/h7-10,15,22H,5-6,11-14H2,1-4H3,(H2,27,32)(H2,28,33)/t22-/m0/s1. The SMILES string of the molecule is Cc1ccc(-c2c(CC(=O)N3CCC[C@H]3C(N)=O)c(C)nc(CC(C)C)c2COC(N)=O)cc1. The van der Waals surface area contributed by atoms with Crippen LogP contribution in [0.15, 0.2) is 24.3 Å². The van der Waals surface area contributed by atoms with Crippen molar-refractivity contribution in [2.24, 2.45) is 17.4 Å². The quantitative estimate of drug-likeness (QED) is 0.617. The number of amides is 3. The molecule has 0 aliphatic carbocycles. The molecule has 2 aromatic rings. The zero-order valence-electron chi connectivity index (χ0n) is 20.4. The fraction of sp³-hybridized carbons (Fsp3) is 0.462. The summed E-state index contributed by atoms with van der Waals surface area (Å²) in [6.07, 6.45) is 1.20. The summed E-state index contributed by atoms with van der Waals surface area (Å²) < 4.78 is 5.23. The van der Waals surface area contributed by atoms with E-state index in [1.807, 2.05) is 38.1 Å². The van der Waals surface area contributed by atoms with E-state index in [0.717, 1.165) is 45.6 Å². The van der Waals surface area contributed by atoms with Gasteiger partial charge in [-0.2, -0.15) is 0 Å². The van der Waals surface area contributed by atoms with Gasteiger partial charge in [0.15, 0.2) is 0 Å². The highest BCUT2D eigenvalue weighted by atomic mass is 16.5. The number of rotatable bonds is 8. The summed E-state index contributed by atoms with van der Waals surface area (Å²) in [5.74, 6) is -0.335. The van der Waals surface area contributed by atoms with Crippen LogP contribution in [0.1, 0.15) is 54.8 Å². The lowest BCUT2D eigenvalue weighted by Gasteiger charge is -2.25. The molecule has 0 saturated carbocycles. The molecular weight excluding hydrogens is 432 g/mol. The van der Waals surface area contributed by atoms with Crippen LogP contribution >= 0.6 is 0 Å². The lowest BCUT2D eigenvalue weighted by molar-refractivity contribution is -0.136. The number of carbonyl (C=O) groups excluding carboxylic acids is 3. The van der Waals surface area contributed by atoms with E-state index in [9.17, 15) is 14.4 Å². The van der Waals surface area contributed by atoms with Crippen LogP contribution in [0.4, 0.5) is 4.79 Å². The van der Waals surface area contributed by atoms with Crippen LogP contribution in [0.3, 0.4) is 0 Å². The zero-order valence-corrected chi connectivity index (χ0v) is 20.4. The van der Waals surface area contributed by atoms with E-state index < -0.39 is 18.0 Å². The monoisotopic (exact) mass is 466 g/mol. The minimum atomic E-state index is -0.870. The second kappa shape index (κ2) is 10.7. The number of benzene rings is 1.